The normalized spacial score (nSPS) is 24.0. The van der Waals surface area contributed by atoms with E-state index in [1.165, 1.54) is 0 Å². The first-order chi connectivity index (χ1) is 12.7. The summed E-state index contributed by atoms with van der Waals surface area (Å²) in [6, 6.07) is 7.82. The van der Waals surface area contributed by atoms with Crippen molar-refractivity contribution in [3.8, 4) is 0 Å². The van der Waals surface area contributed by atoms with Gasteiger partial charge in [-0.2, -0.15) is 13.8 Å². The Hall–Kier alpha value is -2.69. The molecule has 1 aliphatic rings. The average molecular weight is 381 g/mol. The van der Waals surface area contributed by atoms with Crippen LogP contribution in [-0.2, 0) is 4.74 Å². The fourth-order valence-corrected chi connectivity index (χ4v) is 2.67. The molecule has 1 amide bonds. The number of rotatable bonds is 4. The molecule has 3 N–H and O–H groups in total. The predicted molar refractivity (Wildman–Crippen MR) is 89.6 cm³/mol. The molecule has 0 bridgehead atoms. The summed E-state index contributed by atoms with van der Waals surface area (Å²) >= 11 is 0. The van der Waals surface area contributed by atoms with Gasteiger partial charge >= 0.3 is 11.6 Å². The van der Waals surface area contributed by atoms with E-state index in [9.17, 15) is 23.5 Å². The van der Waals surface area contributed by atoms with E-state index in [-0.39, 0.29) is 5.82 Å². The number of alkyl halides is 2. The summed E-state index contributed by atoms with van der Waals surface area (Å²) in [5, 5.41) is 20.9. The maximum atomic E-state index is 14.1. The summed E-state index contributed by atoms with van der Waals surface area (Å²) in [7, 11) is 0. The van der Waals surface area contributed by atoms with Gasteiger partial charge in [-0.1, -0.05) is 17.7 Å². The van der Waals surface area contributed by atoms with Gasteiger partial charge in [0.2, 0.25) is 6.23 Å². The van der Waals surface area contributed by atoms with Crippen molar-refractivity contribution in [2.45, 2.75) is 31.3 Å². The third-order valence-corrected chi connectivity index (χ3v) is 4.20. The second kappa shape index (κ2) is 7.14. The summed E-state index contributed by atoms with van der Waals surface area (Å²) in [4.78, 5) is 27.8. The monoisotopic (exact) mass is 381 g/mol. The molecule has 2 heterocycles. The Morgan fingerprint density at radius 2 is 2.00 bits per heavy atom. The van der Waals surface area contributed by atoms with Crippen LogP contribution in [0.15, 0.2) is 41.3 Å². The molecule has 3 rings (SSSR count). The van der Waals surface area contributed by atoms with Gasteiger partial charge in [0.05, 0.1) is 6.61 Å². The third-order valence-electron chi connectivity index (χ3n) is 4.20. The SMILES string of the molecule is Cc1ccc(C(=O)Nc2ccn(C3O[C@H](CO)[C@@H](O)C3(F)F)c(=O)n2)cc1. The van der Waals surface area contributed by atoms with Gasteiger partial charge in [-0.3, -0.25) is 9.36 Å². The lowest BCUT2D eigenvalue weighted by Gasteiger charge is -2.21. The number of aromatic nitrogens is 2. The number of aliphatic hydroxyl groups is 2. The standard InChI is InChI=1S/C17H17F2N3O5/c1-9-2-4-10(5-3-9)14(25)20-12-6-7-22(16(26)21-12)15-17(18,19)13(24)11(8-23)27-15/h2-7,11,13,15,23-24H,8H2,1H3,(H,20,21,25,26)/t11-,13-,15?/m1/s1. The lowest BCUT2D eigenvalue weighted by molar-refractivity contribution is -0.140. The van der Waals surface area contributed by atoms with Crippen molar-refractivity contribution in [2.24, 2.45) is 0 Å². The molecule has 10 heteroatoms. The van der Waals surface area contributed by atoms with Crippen molar-refractivity contribution in [1.29, 1.82) is 0 Å². The molecule has 1 aromatic carbocycles. The maximum Gasteiger partial charge on any atom is 0.351 e. The Labute approximate surface area is 152 Å². The van der Waals surface area contributed by atoms with Crippen molar-refractivity contribution < 1.29 is 28.5 Å². The molecule has 0 aliphatic carbocycles. The number of halogens is 2. The number of benzene rings is 1. The summed E-state index contributed by atoms with van der Waals surface area (Å²) < 4.78 is 33.6. The Bertz CT molecular complexity index is 900. The molecule has 1 saturated heterocycles. The van der Waals surface area contributed by atoms with Crippen molar-refractivity contribution in [3.63, 3.8) is 0 Å². The number of hydrogen-bond acceptors (Lipinski definition) is 6. The van der Waals surface area contributed by atoms with Crippen molar-refractivity contribution >= 4 is 11.7 Å². The Balaban J connectivity index is 1.81. The van der Waals surface area contributed by atoms with Gasteiger partial charge in [-0.25, -0.2) is 4.79 Å². The maximum absolute atomic E-state index is 14.1. The van der Waals surface area contributed by atoms with Crippen LogP contribution in [-0.4, -0.2) is 50.4 Å². The van der Waals surface area contributed by atoms with Gasteiger partial charge < -0.3 is 20.3 Å². The van der Waals surface area contributed by atoms with Crippen molar-refractivity contribution in [1.82, 2.24) is 9.55 Å². The smallest absolute Gasteiger partial charge is 0.351 e. The van der Waals surface area contributed by atoms with E-state index in [1.54, 1.807) is 24.3 Å². The van der Waals surface area contributed by atoms with Gasteiger partial charge in [0.25, 0.3) is 5.91 Å². The lowest BCUT2D eigenvalue weighted by Crippen LogP contribution is -2.41. The highest BCUT2D eigenvalue weighted by atomic mass is 19.3. The molecular formula is C17H17F2N3O5. The van der Waals surface area contributed by atoms with E-state index in [2.05, 4.69) is 10.3 Å². The largest absolute Gasteiger partial charge is 0.394 e. The molecule has 27 heavy (non-hydrogen) atoms. The number of carbonyl (C=O) groups is 1. The zero-order chi connectivity index (χ0) is 19.8. The van der Waals surface area contributed by atoms with Crippen molar-refractivity contribution in [3.05, 3.63) is 58.1 Å². The number of carbonyl (C=O) groups excluding carboxylic acids is 1. The summed E-state index contributed by atoms with van der Waals surface area (Å²) in [6.07, 6.45) is -4.94. The molecule has 2 aromatic rings. The molecule has 3 atom stereocenters. The van der Waals surface area contributed by atoms with Gasteiger partial charge in [0.1, 0.15) is 11.9 Å². The second-order valence-corrected chi connectivity index (χ2v) is 6.15. The molecular weight excluding hydrogens is 364 g/mol. The lowest BCUT2D eigenvalue weighted by atomic mass is 10.1. The number of amides is 1. The van der Waals surface area contributed by atoms with Gasteiger partial charge in [0, 0.05) is 11.8 Å². The minimum atomic E-state index is -3.80. The molecule has 1 aromatic heterocycles. The van der Waals surface area contributed by atoms with E-state index in [1.807, 2.05) is 6.92 Å². The van der Waals surface area contributed by atoms with Crippen LogP contribution in [0.3, 0.4) is 0 Å². The highest BCUT2D eigenvalue weighted by molar-refractivity contribution is 6.03. The number of nitrogens with one attached hydrogen (secondary N) is 1. The first-order valence-corrected chi connectivity index (χ1v) is 8.03. The topological polar surface area (TPSA) is 114 Å². The fourth-order valence-electron chi connectivity index (χ4n) is 2.67. The molecule has 0 spiro atoms. The number of aryl methyl sites for hydroxylation is 1. The molecule has 1 unspecified atom stereocenters. The van der Waals surface area contributed by atoms with E-state index in [0.29, 0.717) is 10.1 Å². The highest BCUT2D eigenvalue weighted by Crippen LogP contribution is 2.41. The second-order valence-electron chi connectivity index (χ2n) is 6.15. The summed E-state index contributed by atoms with van der Waals surface area (Å²) in [5.41, 5.74) is 0.200. The number of aliphatic hydroxyl groups excluding tert-OH is 2. The molecule has 0 radical (unpaired) electrons. The first kappa shape index (κ1) is 19.1. The molecule has 144 valence electrons. The Kier molecular flexibility index (Phi) is 5.05. The molecule has 1 aliphatic heterocycles. The van der Waals surface area contributed by atoms with Crippen molar-refractivity contribution in [2.75, 3.05) is 11.9 Å². The number of nitrogens with zero attached hydrogens (tertiary/aromatic N) is 2. The first-order valence-electron chi connectivity index (χ1n) is 8.03. The van der Waals surface area contributed by atoms with Crippen LogP contribution in [0.2, 0.25) is 0 Å². The molecule has 0 saturated carbocycles. The molecule has 1 fully saturated rings. The van der Waals surface area contributed by atoms with E-state index >= 15 is 0 Å². The molecule has 8 nitrogen and oxygen atoms in total. The van der Waals surface area contributed by atoms with Gasteiger partial charge in [-0.15, -0.1) is 0 Å². The highest BCUT2D eigenvalue weighted by Gasteiger charge is 2.59. The minimum absolute atomic E-state index is 0.123. The van der Waals surface area contributed by atoms with Crippen LogP contribution < -0.4 is 11.0 Å². The van der Waals surface area contributed by atoms with Crippen LogP contribution in [0.5, 0.6) is 0 Å². The number of anilines is 1. The predicted octanol–water partition coefficient (Wildman–Crippen LogP) is 0.690. The average Bonchev–Trinajstić information content (AvgIpc) is 2.85. The van der Waals surface area contributed by atoms with Crippen LogP contribution in [0.1, 0.15) is 22.1 Å². The third kappa shape index (κ3) is 3.59. The summed E-state index contributed by atoms with van der Waals surface area (Å²) in [6.45, 7) is 1.03. The Morgan fingerprint density at radius 1 is 1.33 bits per heavy atom. The zero-order valence-electron chi connectivity index (χ0n) is 14.2. The van der Waals surface area contributed by atoms with Crippen LogP contribution >= 0.6 is 0 Å². The number of ether oxygens (including phenoxy) is 1. The van der Waals surface area contributed by atoms with E-state index in [4.69, 9.17) is 9.84 Å². The van der Waals surface area contributed by atoms with Gasteiger partial charge in [0.15, 0.2) is 6.10 Å². The van der Waals surface area contributed by atoms with Crippen LogP contribution in [0.4, 0.5) is 14.6 Å². The van der Waals surface area contributed by atoms with Gasteiger partial charge in [-0.05, 0) is 25.1 Å². The number of hydrogen-bond donors (Lipinski definition) is 3. The summed E-state index contributed by atoms with van der Waals surface area (Å²) in [5.74, 6) is -4.44. The quantitative estimate of drug-likeness (QED) is 0.718. The van der Waals surface area contributed by atoms with Crippen LogP contribution in [0, 0.1) is 6.92 Å². The zero-order valence-corrected chi connectivity index (χ0v) is 14.2. The minimum Gasteiger partial charge on any atom is -0.394 e. The van der Waals surface area contributed by atoms with E-state index < -0.39 is 42.6 Å². The Morgan fingerprint density at radius 3 is 2.56 bits per heavy atom. The fraction of sp³-hybridized carbons (Fsp3) is 0.353. The van der Waals surface area contributed by atoms with E-state index in [0.717, 1.165) is 17.8 Å². The van der Waals surface area contributed by atoms with Crippen LogP contribution in [0.25, 0.3) is 0 Å².